The number of imidazole rings is 1. The Hall–Kier alpha value is -3.88. The van der Waals surface area contributed by atoms with Crippen LogP contribution in [0.3, 0.4) is 0 Å². The molecule has 2 aromatic carbocycles. The number of urea groups is 1. The monoisotopic (exact) mass is 421 g/mol. The summed E-state index contributed by atoms with van der Waals surface area (Å²) >= 11 is 0. The van der Waals surface area contributed by atoms with E-state index in [0.29, 0.717) is 17.3 Å². The van der Waals surface area contributed by atoms with Crippen LogP contribution in [0, 0.1) is 0 Å². The van der Waals surface area contributed by atoms with E-state index in [-0.39, 0.29) is 30.7 Å². The number of hydrogen-bond acceptors (Lipinski definition) is 5. The van der Waals surface area contributed by atoms with Gasteiger partial charge >= 0.3 is 6.03 Å². The molecule has 0 unspecified atom stereocenters. The number of benzene rings is 2. The number of aromatic nitrogens is 2. The van der Waals surface area contributed by atoms with Gasteiger partial charge in [0.2, 0.25) is 5.91 Å². The largest absolute Gasteiger partial charge is 0.497 e. The summed E-state index contributed by atoms with van der Waals surface area (Å²) in [5.74, 6) is 0.680. The molecule has 1 aliphatic rings. The third-order valence-electron chi connectivity index (χ3n) is 5.21. The molecule has 0 aliphatic carbocycles. The molecule has 2 atom stereocenters. The highest BCUT2D eigenvalue weighted by atomic mass is 16.5. The zero-order valence-corrected chi connectivity index (χ0v) is 17.2. The Balaban J connectivity index is 1.33. The SMILES string of the molecule is COc1ccc(N2C(=O)N[C@@H](CCC(=O)N[C@H](C)c3nc4ccccc4[nH]3)C2=O)cc1. The van der Waals surface area contributed by atoms with E-state index in [4.69, 9.17) is 4.74 Å². The van der Waals surface area contributed by atoms with Crippen LogP contribution in [0.4, 0.5) is 10.5 Å². The molecule has 1 aliphatic heterocycles. The van der Waals surface area contributed by atoms with Crippen molar-refractivity contribution < 1.29 is 19.1 Å². The maximum absolute atomic E-state index is 12.7. The first-order chi connectivity index (χ1) is 15.0. The number of carbonyl (C=O) groups is 3. The summed E-state index contributed by atoms with van der Waals surface area (Å²) in [4.78, 5) is 46.1. The average molecular weight is 421 g/mol. The lowest BCUT2D eigenvalue weighted by molar-refractivity contribution is -0.122. The second kappa shape index (κ2) is 8.47. The Morgan fingerprint density at radius 3 is 2.65 bits per heavy atom. The second-order valence-electron chi connectivity index (χ2n) is 7.34. The molecule has 1 aromatic heterocycles. The van der Waals surface area contributed by atoms with Crippen molar-refractivity contribution in [2.45, 2.75) is 31.8 Å². The van der Waals surface area contributed by atoms with Crippen molar-refractivity contribution in [3.8, 4) is 5.75 Å². The van der Waals surface area contributed by atoms with E-state index >= 15 is 0 Å². The fourth-order valence-corrected chi connectivity index (χ4v) is 3.54. The van der Waals surface area contributed by atoms with Crippen molar-refractivity contribution in [2.24, 2.45) is 0 Å². The minimum absolute atomic E-state index is 0.0949. The molecule has 9 nitrogen and oxygen atoms in total. The van der Waals surface area contributed by atoms with Gasteiger partial charge in [0.25, 0.3) is 5.91 Å². The van der Waals surface area contributed by atoms with Gasteiger partial charge in [0, 0.05) is 6.42 Å². The van der Waals surface area contributed by atoms with E-state index < -0.39 is 12.1 Å². The first-order valence-corrected chi connectivity index (χ1v) is 9.99. The highest BCUT2D eigenvalue weighted by molar-refractivity contribution is 6.21. The molecule has 1 fully saturated rings. The molecular formula is C22H23N5O4. The Kier molecular flexibility index (Phi) is 5.57. The molecule has 3 N–H and O–H groups in total. The molecular weight excluding hydrogens is 398 g/mol. The summed E-state index contributed by atoms with van der Waals surface area (Å²) in [5, 5.41) is 5.53. The molecule has 2 heterocycles. The normalized spacial score (nSPS) is 17.0. The van der Waals surface area contributed by atoms with Crippen molar-refractivity contribution in [1.29, 1.82) is 0 Å². The van der Waals surface area contributed by atoms with Crippen LogP contribution < -0.4 is 20.3 Å². The summed E-state index contributed by atoms with van der Waals surface area (Å²) in [7, 11) is 1.54. The number of rotatable bonds is 7. The maximum atomic E-state index is 12.7. The van der Waals surface area contributed by atoms with Gasteiger partial charge in [-0.2, -0.15) is 0 Å². The maximum Gasteiger partial charge on any atom is 0.329 e. The number of fused-ring (bicyclic) bond motifs is 1. The summed E-state index contributed by atoms with van der Waals surface area (Å²) in [5.41, 5.74) is 2.18. The van der Waals surface area contributed by atoms with Gasteiger partial charge < -0.3 is 20.4 Å². The average Bonchev–Trinajstić information content (AvgIpc) is 3.33. The van der Waals surface area contributed by atoms with Gasteiger partial charge in [-0.05, 0) is 49.7 Å². The molecule has 0 bridgehead atoms. The highest BCUT2D eigenvalue weighted by Crippen LogP contribution is 2.24. The van der Waals surface area contributed by atoms with Crippen LogP contribution in [-0.4, -0.2) is 41.0 Å². The number of imide groups is 1. The number of methoxy groups -OCH3 is 1. The number of aromatic amines is 1. The second-order valence-corrected chi connectivity index (χ2v) is 7.34. The van der Waals surface area contributed by atoms with Crippen molar-refractivity contribution in [1.82, 2.24) is 20.6 Å². The van der Waals surface area contributed by atoms with Crippen LogP contribution in [0.25, 0.3) is 11.0 Å². The van der Waals surface area contributed by atoms with E-state index in [1.165, 1.54) is 0 Å². The van der Waals surface area contributed by atoms with Crippen LogP contribution in [0.5, 0.6) is 5.75 Å². The molecule has 1 saturated heterocycles. The van der Waals surface area contributed by atoms with E-state index in [9.17, 15) is 14.4 Å². The molecule has 0 saturated carbocycles. The Morgan fingerprint density at radius 1 is 1.19 bits per heavy atom. The van der Waals surface area contributed by atoms with Crippen molar-refractivity contribution in [3.63, 3.8) is 0 Å². The van der Waals surface area contributed by atoms with Crippen LogP contribution in [0.15, 0.2) is 48.5 Å². The standard InChI is InChI=1S/C22H23N5O4/c1-13(20-24-16-5-3-4-6-17(16)25-20)23-19(28)12-11-18-21(29)27(22(30)26-18)14-7-9-15(31-2)10-8-14/h3-10,13,18H,11-12H2,1-2H3,(H,23,28)(H,24,25)(H,26,30)/t13-,18+/m1/s1. The topological polar surface area (TPSA) is 116 Å². The number of nitrogens with zero attached hydrogens (tertiary/aromatic N) is 2. The van der Waals surface area contributed by atoms with Gasteiger partial charge in [-0.25, -0.2) is 14.7 Å². The highest BCUT2D eigenvalue weighted by Gasteiger charge is 2.39. The Morgan fingerprint density at radius 2 is 1.94 bits per heavy atom. The summed E-state index contributed by atoms with van der Waals surface area (Å²) in [6, 6.07) is 12.7. The zero-order chi connectivity index (χ0) is 22.0. The number of carbonyl (C=O) groups excluding carboxylic acids is 3. The third kappa shape index (κ3) is 4.20. The minimum Gasteiger partial charge on any atom is -0.497 e. The fraction of sp³-hybridized carbons (Fsp3) is 0.273. The lowest BCUT2D eigenvalue weighted by Gasteiger charge is -2.14. The molecule has 3 aromatic rings. The van der Waals surface area contributed by atoms with Gasteiger partial charge in [-0.1, -0.05) is 12.1 Å². The summed E-state index contributed by atoms with van der Waals surface area (Å²) in [6.45, 7) is 1.84. The zero-order valence-electron chi connectivity index (χ0n) is 17.2. The van der Waals surface area contributed by atoms with Crippen molar-refractivity contribution in [3.05, 3.63) is 54.4 Å². The van der Waals surface area contributed by atoms with Gasteiger partial charge in [0.05, 0.1) is 29.9 Å². The van der Waals surface area contributed by atoms with Gasteiger partial charge in [0.15, 0.2) is 0 Å². The van der Waals surface area contributed by atoms with Gasteiger partial charge in [-0.15, -0.1) is 0 Å². The first-order valence-electron chi connectivity index (χ1n) is 9.99. The summed E-state index contributed by atoms with van der Waals surface area (Å²) in [6.07, 6.45) is 0.299. The molecule has 4 rings (SSSR count). The molecule has 0 radical (unpaired) electrons. The molecule has 0 spiro atoms. The van der Waals surface area contributed by atoms with E-state index in [1.54, 1.807) is 31.4 Å². The van der Waals surface area contributed by atoms with E-state index in [1.807, 2.05) is 31.2 Å². The number of ether oxygens (including phenoxy) is 1. The number of anilines is 1. The number of para-hydroxylation sites is 2. The predicted octanol–water partition coefficient (Wildman–Crippen LogP) is 2.65. The third-order valence-corrected chi connectivity index (χ3v) is 5.21. The fourth-order valence-electron chi connectivity index (χ4n) is 3.54. The van der Waals surface area contributed by atoms with Gasteiger partial charge in [0.1, 0.15) is 17.6 Å². The molecule has 160 valence electrons. The van der Waals surface area contributed by atoms with E-state index in [0.717, 1.165) is 15.9 Å². The number of amides is 4. The number of nitrogens with one attached hydrogen (secondary N) is 3. The predicted molar refractivity (Wildman–Crippen MR) is 115 cm³/mol. The summed E-state index contributed by atoms with van der Waals surface area (Å²) < 4.78 is 5.10. The van der Waals surface area contributed by atoms with Crippen LogP contribution in [0.1, 0.15) is 31.6 Å². The lowest BCUT2D eigenvalue weighted by atomic mass is 10.1. The van der Waals surface area contributed by atoms with Crippen LogP contribution in [0.2, 0.25) is 0 Å². The number of hydrogen-bond donors (Lipinski definition) is 3. The molecule has 4 amide bonds. The van der Waals surface area contributed by atoms with Crippen LogP contribution >= 0.6 is 0 Å². The lowest BCUT2D eigenvalue weighted by Crippen LogP contribution is -2.33. The Bertz CT molecular complexity index is 1090. The van der Waals surface area contributed by atoms with Crippen molar-refractivity contribution >= 4 is 34.6 Å². The smallest absolute Gasteiger partial charge is 0.329 e. The quantitative estimate of drug-likeness (QED) is 0.507. The molecule has 9 heteroatoms. The number of H-pyrrole nitrogens is 1. The van der Waals surface area contributed by atoms with Crippen molar-refractivity contribution in [2.75, 3.05) is 12.0 Å². The minimum atomic E-state index is -0.748. The van der Waals surface area contributed by atoms with Crippen LogP contribution in [-0.2, 0) is 9.59 Å². The first kappa shape index (κ1) is 20.4. The van der Waals surface area contributed by atoms with Gasteiger partial charge in [-0.3, -0.25) is 9.59 Å². The Labute approximate surface area is 178 Å². The van der Waals surface area contributed by atoms with E-state index in [2.05, 4.69) is 20.6 Å². The molecule has 31 heavy (non-hydrogen) atoms.